The van der Waals surface area contributed by atoms with E-state index in [4.69, 9.17) is 5.73 Å². The fourth-order valence-corrected chi connectivity index (χ4v) is 2.14. The minimum atomic E-state index is 0.0185. The quantitative estimate of drug-likeness (QED) is 0.838. The van der Waals surface area contributed by atoms with Crippen molar-refractivity contribution >= 4 is 5.91 Å². The second-order valence-electron chi connectivity index (χ2n) is 5.09. The minimum absolute atomic E-state index is 0.0185. The van der Waals surface area contributed by atoms with E-state index in [1.165, 1.54) is 0 Å². The van der Waals surface area contributed by atoms with E-state index in [0.29, 0.717) is 6.54 Å². The second kappa shape index (κ2) is 5.54. The topological polar surface area (TPSA) is 54.5 Å². The lowest BCUT2D eigenvalue weighted by molar-refractivity contribution is -0.133. The highest BCUT2D eigenvalue weighted by atomic mass is 16.2. The highest BCUT2D eigenvalue weighted by Gasteiger charge is 2.19. The van der Waals surface area contributed by atoms with E-state index >= 15 is 0 Å². The Labute approximate surface area is 108 Å². The van der Waals surface area contributed by atoms with Gasteiger partial charge in [0.15, 0.2) is 0 Å². The van der Waals surface area contributed by atoms with E-state index in [9.17, 15) is 4.79 Å². The van der Waals surface area contributed by atoms with Gasteiger partial charge in [-0.25, -0.2) is 0 Å². The summed E-state index contributed by atoms with van der Waals surface area (Å²) in [5.74, 6) is 0.190. The maximum atomic E-state index is 12.1. The van der Waals surface area contributed by atoms with Crippen molar-refractivity contribution in [2.24, 2.45) is 5.73 Å². The number of nitrogens with two attached hydrogens (primary N) is 1. The Morgan fingerprint density at radius 3 is 2.61 bits per heavy atom. The lowest BCUT2D eigenvalue weighted by Crippen LogP contribution is -2.48. The lowest BCUT2D eigenvalue weighted by Gasteiger charge is -2.32. The minimum Gasteiger partial charge on any atom is -0.345 e. The highest BCUT2D eigenvalue weighted by Crippen LogP contribution is 2.10. The van der Waals surface area contributed by atoms with Crippen LogP contribution in [-0.4, -0.2) is 53.5 Å². The molecule has 1 unspecified atom stereocenters. The summed E-state index contributed by atoms with van der Waals surface area (Å²) in [5, 5.41) is 0. The van der Waals surface area contributed by atoms with Gasteiger partial charge >= 0.3 is 0 Å². The number of aromatic nitrogens is 1. The van der Waals surface area contributed by atoms with Crippen LogP contribution in [0.5, 0.6) is 0 Å². The number of amides is 1. The molecule has 0 spiro atoms. The number of likely N-dealkylation sites (N-methyl/N-ethyl adjacent to an activating group) is 1. The van der Waals surface area contributed by atoms with Crippen LogP contribution < -0.4 is 5.73 Å². The smallest absolute Gasteiger partial charge is 0.242 e. The van der Waals surface area contributed by atoms with Gasteiger partial charge < -0.3 is 20.1 Å². The van der Waals surface area contributed by atoms with Crippen molar-refractivity contribution in [2.45, 2.75) is 19.5 Å². The van der Waals surface area contributed by atoms with Gasteiger partial charge in [0.05, 0.1) is 0 Å². The zero-order valence-corrected chi connectivity index (χ0v) is 11.2. The molecule has 0 saturated carbocycles. The number of piperazine rings is 1. The third-order valence-electron chi connectivity index (χ3n) is 3.47. The van der Waals surface area contributed by atoms with E-state index in [2.05, 4.69) is 11.9 Å². The summed E-state index contributed by atoms with van der Waals surface area (Å²) < 4.78 is 1.92. The average Bonchev–Trinajstić information content (AvgIpc) is 2.78. The SMILES string of the molecule is CC(N)c1ccn(CC(=O)N2CCN(C)CC2)c1. The first-order valence-corrected chi connectivity index (χ1v) is 6.44. The van der Waals surface area contributed by atoms with Crippen molar-refractivity contribution in [2.75, 3.05) is 33.2 Å². The van der Waals surface area contributed by atoms with Crippen molar-refractivity contribution in [1.82, 2.24) is 14.4 Å². The molecule has 100 valence electrons. The first kappa shape index (κ1) is 13.1. The molecule has 1 aliphatic rings. The fourth-order valence-electron chi connectivity index (χ4n) is 2.14. The molecule has 1 fully saturated rings. The Balaban J connectivity index is 1.90. The number of hydrogen-bond donors (Lipinski definition) is 1. The van der Waals surface area contributed by atoms with Crippen LogP contribution in [0, 0.1) is 0 Å². The largest absolute Gasteiger partial charge is 0.345 e. The van der Waals surface area contributed by atoms with E-state index in [1.54, 1.807) is 0 Å². The molecule has 0 aliphatic carbocycles. The van der Waals surface area contributed by atoms with Crippen LogP contribution in [0.25, 0.3) is 0 Å². The molecule has 18 heavy (non-hydrogen) atoms. The predicted molar refractivity (Wildman–Crippen MR) is 71.1 cm³/mol. The first-order chi connectivity index (χ1) is 8.56. The Bertz CT molecular complexity index is 405. The van der Waals surface area contributed by atoms with Crippen LogP contribution in [0.3, 0.4) is 0 Å². The van der Waals surface area contributed by atoms with Crippen molar-refractivity contribution in [3.8, 4) is 0 Å². The number of hydrogen-bond acceptors (Lipinski definition) is 3. The molecule has 1 saturated heterocycles. The molecule has 1 atom stereocenters. The fraction of sp³-hybridized carbons (Fsp3) is 0.615. The molecule has 1 aromatic rings. The van der Waals surface area contributed by atoms with Crippen LogP contribution in [0.4, 0.5) is 0 Å². The predicted octanol–water partition coefficient (Wildman–Crippen LogP) is 0.282. The van der Waals surface area contributed by atoms with Gasteiger partial charge in [0, 0.05) is 44.6 Å². The normalized spacial score (nSPS) is 18.9. The maximum Gasteiger partial charge on any atom is 0.242 e. The summed E-state index contributed by atoms with van der Waals surface area (Å²) in [6, 6.07) is 1.99. The number of nitrogens with zero attached hydrogens (tertiary/aromatic N) is 3. The van der Waals surface area contributed by atoms with Gasteiger partial charge in [-0.3, -0.25) is 4.79 Å². The lowest BCUT2D eigenvalue weighted by atomic mass is 10.2. The molecule has 1 amide bonds. The Morgan fingerprint density at radius 2 is 2.06 bits per heavy atom. The van der Waals surface area contributed by atoms with Gasteiger partial charge in [0.25, 0.3) is 0 Å². The zero-order chi connectivity index (χ0) is 13.1. The Morgan fingerprint density at radius 1 is 1.39 bits per heavy atom. The van der Waals surface area contributed by atoms with E-state index < -0.39 is 0 Å². The summed E-state index contributed by atoms with van der Waals surface area (Å²) in [4.78, 5) is 16.3. The number of rotatable bonds is 3. The monoisotopic (exact) mass is 250 g/mol. The summed E-state index contributed by atoms with van der Waals surface area (Å²) in [6.45, 7) is 5.94. The first-order valence-electron chi connectivity index (χ1n) is 6.44. The molecule has 5 heteroatoms. The summed E-state index contributed by atoms with van der Waals surface area (Å²) in [5.41, 5.74) is 6.87. The molecule has 2 rings (SSSR count). The van der Waals surface area contributed by atoms with Gasteiger partial charge in [-0.1, -0.05) is 0 Å². The summed E-state index contributed by atoms with van der Waals surface area (Å²) in [7, 11) is 2.09. The molecular weight excluding hydrogens is 228 g/mol. The number of carbonyl (C=O) groups is 1. The van der Waals surface area contributed by atoms with Crippen LogP contribution in [0.15, 0.2) is 18.5 Å². The second-order valence-corrected chi connectivity index (χ2v) is 5.09. The number of carbonyl (C=O) groups excluding carboxylic acids is 1. The standard InChI is InChI=1S/C13H22N4O/c1-11(14)12-3-4-16(9-12)10-13(18)17-7-5-15(2)6-8-17/h3-4,9,11H,5-8,10,14H2,1-2H3. The molecule has 2 N–H and O–H groups in total. The van der Waals surface area contributed by atoms with Crippen molar-refractivity contribution < 1.29 is 4.79 Å². The summed E-state index contributed by atoms with van der Waals surface area (Å²) >= 11 is 0. The third kappa shape index (κ3) is 3.11. The van der Waals surface area contributed by atoms with Crippen molar-refractivity contribution in [3.05, 3.63) is 24.0 Å². The van der Waals surface area contributed by atoms with Gasteiger partial charge in [0.1, 0.15) is 6.54 Å². The van der Waals surface area contributed by atoms with E-state index in [1.807, 2.05) is 34.9 Å². The third-order valence-corrected chi connectivity index (χ3v) is 3.47. The molecule has 5 nitrogen and oxygen atoms in total. The van der Waals surface area contributed by atoms with Gasteiger partial charge in [0.2, 0.25) is 5.91 Å². The molecule has 1 aliphatic heterocycles. The van der Waals surface area contributed by atoms with Gasteiger partial charge in [-0.05, 0) is 25.6 Å². The van der Waals surface area contributed by atoms with Gasteiger partial charge in [-0.2, -0.15) is 0 Å². The van der Waals surface area contributed by atoms with Crippen LogP contribution in [0.1, 0.15) is 18.5 Å². The Kier molecular flexibility index (Phi) is 4.04. The molecule has 0 aromatic carbocycles. The molecule has 1 aromatic heterocycles. The highest BCUT2D eigenvalue weighted by molar-refractivity contribution is 5.76. The zero-order valence-electron chi connectivity index (χ0n) is 11.2. The van der Waals surface area contributed by atoms with Crippen molar-refractivity contribution in [1.29, 1.82) is 0 Å². The van der Waals surface area contributed by atoms with Crippen LogP contribution in [0.2, 0.25) is 0 Å². The van der Waals surface area contributed by atoms with E-state index in [-0.39, 0.29) is 11.9 Å². The molecular formula is C13H22N4O. The van der Waals surface area contributed by atoms with E-state index in [0.717, 1.165) is 31.7 Å². The van der Waals surface area contributed by atoms with Crippen molar-refractivity contribution in [3.63, 3.8) is 0 Å². The molecule has 0 radical (unpaired) electrons. The molecule has 0 bridgehead atoms. The summed E-state index contributed by atoms with van der Waals surface area (Å²) in [6.07, 6.45) is 3.88. The maximum absolute atomic E-state index is 12.1. The van der Waals surface area contributed by atoms with Crippen LogP contribution >= 0.6 is 0 Å². The molecule has 2 heterocycles. The van der Waals surface area contributed by atoms with Gasteiger partial charge in [-0.15, -0.1) is 0 Å². The Hall–Kier alpha value is -1.33. The average molecular weight is 250 g/mol. The van der Waals surface area contributed by atoms with Crippen LogP contribution in [-0.2, 0) is 11.3 Å².